The van der Waals surface area contributed by atoms with E-state index in [4.69, 9.17) is 11.6 Å². The van der Waals surface area contributed by atoms with E-state index in [0.717, 1.165) is 18.5 Å². The van der Waals surface area contributed by atoms with Crippen molar-refractivity contribution in [3.8, 4) is 5.75 Å². The van der Waals surface area contributed by atoms with Gasteiger partial charge in [-0.15, -0.1) is 0 Å². The minimum Gasteiger partial charge on any atom is -0.506 e. The van der Waals surface area contributed by atoms with Gasteiger partial charge in [0, 0.05) is 28.9 Å². The van der Waals surface area contributed by atoms with Gasteiger partial charge in [0.25, 0.3) is 0 Å². The highest BCUT2D eigenvalue weighted by Gasteiger charge is 2.05. The summed E-state index contributed by atoms with van der Waals surface area (Å²) in [6.45, 7) is 3.50. The van der Waals surface area contributed by atoms with E-state index < -0.39 is 10.8 Å². The van der Waals surface area contributed by atoms with E-state index in [0.29, 0.717) is 11.6 Å². The van der Waals surface area contributed by atoms with Crippen LogP contribution in [0.25, 0.3) is 0 Å². The zero-order valence-corrected chi connectivity index (χ0v) is 11.6. The van der Waals surface area contributed by atoms with Crippen LogP contribution in [0.1, 0.15) is 18.9 Å². The number of hydrogen-bond donors (Lipinski definition) is 2. The van der Waals surface area contributed by atoms with E-state index in [1.807, 2.05) is 13.0 Å². The number of benzene rings is 1. The molecule has 0 bridgehead atoms. The summed E-state index contributed by atoms with van der Waals surface area (Å²) in [6.07, 6.45) is 2.61. The van der Waals surface area contributed by atoms with Crippen molar-refractivity contribution in [2.75, 3.05) is 12.8 Å². The molecule has 3 nitrogen and oxygen atoms in total. The maximum absolute atomic E-state index is 11.1. The molecule has 2 N–H and O–H groups in total. The molecule has 2 atom stereocenters. The van der Waals surface area contributed by atoms with Crippen LogP contribution in [-0.2, 0) is 17.3 Å². The molecule has 0 aromatic heterocycles. The molecule has 0 spiro atoms. The van der Waals surface area contributed by atoms with E-state index >= 15 is 0 Å². The van der Waals surface area contributed by atoms with E-state index in [2.05, 4.69) is 5.32 Å². The van der Waals surface area contributed by atoms with Gasteiger partial charge < -0.3 is 10.4 Å². The lowest BCUT2D eigenvalue weighted by Crippen LogP contribution is -2.20. The van der Waals surface area contributed by atoms with Crippen molar-refractivity contribution in [3.05, 3.63) is 28.8 Å². The Kier molecular flexibility index (Phi) is 5.95. The van der Waals surface area contributed by atoms with Crippen molar-refractivity contribution in [2.24, 2.45) is 0 Å². The topological polar surface area (TPSA) is 49.3 Å². The molecule has 0 saturated heterocycles. The lowest BCUT2D eigenvalue weighted by Gasteiger charge is -2.09. The van der Waals surface area contributed by atoms with Gasteiger partial charge in [-0.3, -0.25) is 4.21 Å². The molecule has 0 heterocycles. The zero-order valence-electron chi connectivity index (χ0n) is 10.1. The Bertz CT molecular complexity index is 398. The standard InChI is InChI=1S/C12H18ClNO2S/c1-9(17(2)16)5-6-14-8-10-3-4-12(15)11(13)7-10/h3-4,7,9,14-15H,5-6,8H2,1-2H3. The van der Waals surface area contributed by atoms with Gasteiger partial charge in [0.05, 0.1) is 5.02 Å². The maximum atomic E-state index is 11.1. The first-order valence-corrected chi connectivity index (χ1v) is 7.51. The first-order chi connectivity index (χ1) is 8.00. The Labute approximate surface area is 110 Å². The van der Waals surface area contributed by atoms with Gasteiger partial charge >= 0.3 is 0 Å². The van der Waals surface area contributed by atoms with E-state index in [1.54, 1.807) is 18.4 Å². The summed E-state index contributed by atoms with van der Waals surface area (Å²) in [4.78, 5) is 0. The number of nitrogens with one attached hydrogen (secondary N) is 1. The molecule has 0 fully saturated rings. The highest BCUT2D eigenvalue weighted by molar-refractivity contribution is 7.84. The van der Waals surface area contributed by atoms with Gasteiger partial charge in [-0.1, -0.05) is 24.6 Å². The van der Waals surface area contributed by atoms with E-state index in [-0.39, 0.29) is 11.0 Å². The van der Waals surface area contributed by atoms with Crippen LogP contribution in [0, 0.1) is 0 Å². The van der Waals surface area contributed by atoms with Crippen LogP contribution in [0.2, 0.25) is 5.02 Å². The average molecular weight is 276 g/mol. The van der Waals surface area contributed by atoms with Crippen LogP contribution < -0.4 is 5.32 Å². The van der Waals surface area contributed by atoms with E-state index in [9.17, 15) is 9.32 Å². The predicted molar refractivity (Wildman–Crippen MR) is 73.0 cm³/mol. The Hall–Kier alpha value is -0.580. The van der Waals surface area contributed by atoms with Crippen LogP contribution in [0.4, 0.5) is 0 Å². The Morgan fingerprint density at radius 1 is 1.53 bits per heavy atom. The molecular weight excluding hydrogens is 258 g/mol. The van der Waals surface area contributed by atoms with Gasteiger partial charge in [0.1, 0.15) is 5.75 Å². The second-order valence-electron chi connectivity index (χ2n) is 4.06. The molecule has 96 valence electrons. The molecule has 0 saturated carbocycles. The summed E-state index contributed by atoms with van der Waals surface area (Å²) in [6, 6.07) is 5.16. The molecule has 1 rings (SSSR count). The summed E-state index contributed by atoms with van der Waals surface area (Å²) in [5.41, 5.74) is 1.03. The van der Waals surface area contributed by atoms with Crippen molar-refractivity contribution < 1.29 is 9.32 Å². The van der Waals surface area contributed by atoms with Crippen LogP contribution in [0.15, 0.2) is 18.2 Å². The summed E-state index contributed by atoms with van der Waals surface area (Å²) >= 11 is 5.80. The number of hydrogen-bond acceptors (Lipinski definition) is 3. The number of phenolic OH excluding ortho intramolecular Hbond substituents is 1. The minimum atomic E-state index is -0.759. The Balaban J connectivity index is 2.31. The van der Waals surface area contributed by atoms with Crippen LogP contribution in [0.3, 0.4) is 0 Å². The van der Waals surface area contributed by atoms with Crippen LogP contribution >= 0.6 is 11.6 Å². The number of phenols is 1. The Morgan fingerprint density at radius 2 is 2.24 bits per heavy atom. The van der Waals surface area contributed by atoms with Gasteiger partial charge in [-0.25, -0.2) is 0 Å². The van der Waals surface area contributed by atoms with Crippen LogP contribution in [-0.4, -0.2) is 27.4 Å². The summed E-state index contributed by atoms with van der Waals surface area (Å²) in [7, 11) is -0.759. The molecule has 0 radical (unpaired) electrons. The molecule has 0 aliphatic carbocycles. The van der Waals surface area contributed by atoms with Crippen molar-refractivity contribution in [2.45, 2.75) is 25.1 Å². The summed E-state index contributed by atoms with van der Waals surface area (Å²) in [5.74, 6) is 0.102. The van der Waals surface area contributed by atoms with Gasteiger partial charge in [0.2, 0.25) is 0 Å². The lowest BCUT2D eigenvalue weighted by molar-refractivity contribution is 0.475. The number of halogens is 1. The Morgan fingerprint density at radius 3 is 2.82 bits per heavy atom. The monoisotopic (exact) mass is 275 g/mol. The summed E-state index contributed by atoms with van der Waals surface area (Å²) < 4.78 is 11.1. The highest BCUT2D eigenvalue weighted by atomic mass is 35.5. The fourth-order valence-corrected chi connectivity index (χ4v) is 2.02. The van der Waals surface area contributed by atoms with Crippen molar-refractivity contribution in [1.82, 2.24) is 5.32 Å². The quantitative estimate of drug-likeness (QED) is 0.783. The zero-order chi connectivity index (χ0) is 12.8. The minimum absolute atomic E-state index is 0.102. The second-order valence-corrected chi connectivity index (χ2v) is 6.27. The number of aromatic hydroxyl groups is 1. The van der Waals surface area contributed by atoms with Crippen molar-refractivity contribution >= 4 is 22.4 Å². The second kappa shape index (κ2) is 6.99. The third-order valence-electron chi connectivity index (χ3n) is 2.64. The molecule has 1 aromatic rings. The molecule has 5 heteroatoms. The predicted octanol–water partition coefficient (Wildman–Crippen LogP) is 2.29. The third-order valence-corrected chi connectivity index (χ3v) is 4.31. The molecule has 1 aromatic carbocycles. The first kappa shape index (κ1) is 14.5. The average Bonchev–Trinajstić information content (AvgIpc) is 2.28. The summed E-state index contributed by atoms with van der Waals surface area (Å²) in [5, 5.41) is 13.1. The van der Waals surface area contributed by atoms with Crippen LogP contribution in [0.5, 0.6) is 5.75 Å². The highest BCUT2D eigenvalue weighted by Crippen LogP contribution is 2.23. The maximum Gasteiger partial charge on any atom is 0.134 e. The SMILES string of the molecule is CC(CCNCc1ccc(O)c(Cl)c1)S(C)=O. The third kappa shape index (κ3) is 5.06. The lowest BCUT2D eigenvalue weighted by atomic mass is 10.2. The molecule has 2 unspecified atom stereocenters. The van der Waals surface area contributed by atoms with Crippen molar-refractivity contribution in [1.29, 1.82) is 0 Å². The van der Waals surface area contributed by atoms with Crippen molar-refractivity contribution in [3.63, 3.8) is 0 Å². The molecule has 0 aliphatic rings. The van der Waals surface area contributed by atoms with E-state index in [1.165, 1.54) is 0 Å². The number of rotatable bonds is 6. The molecule has 0 aliphatic heterocycles. The largest absolute Gasteiger partial charge is 0.506 e. The molecule has 0 amide bonds. The van der Waals surface area contributed by atoms with Gasteiger partial charge in [0.15, 0.2) is 0 Å². The van der Waals surface area contributed by atoms with Gasteiger partial charge in [-0.05, 0) is 30.7 Å². The smallest absolute Gasteiger partial charge is 0.134 e. The molecular formula is C12H18ClNO2S. The fraction of sp³-hybridized carbons (Fsp3) is 0.500. The van der Waals surface area contributed by atoms with Gasteiger partial charge in [-0.2, -0.15) is 0 Å². The first-order valence-electron chi connectivity index (χ1n) is 5.51. The fourth-order valence-electron chi connectivity index (χ4n) is 1.36. The molecule has 17 heavy (non-hydrogen) atoms. The normalized spacial score (nSPS) is 14.5.